The molecule has 2 heteroatoms. The normalized spacial score (nSPS) is 27.5. The third kappa shape index (κ3) is 2.43. The Morgan fingerprint density at radius 3 is 2.60 bits per heavy atom. The van der Waals surface area contributed by atoms with Gasteiger partial charge in [-0.1, -0.05) is 13.0 Å². The fourth-order valence-corrected chi connectivity index (χ4v) is 2.82. The van der Waals surface area contributed by atoms with Gasteiger partial charge in [-0.05, 0) is 50.6 Å². The van der Waals surface area contributed by atoms with Gasteiger partial charge in [0.05, 0.1) is 5.60 Å². The average Bonchev–Trinajstić information content (AvgIpc) is 2.31. The van der Waals surface area contributed by atoms with E-state index in [1.165, 1.54) is 24.8 Å². The summed E-state index contributed by atoms with van der Waals surface area (Å²) < 4.78 is 0. The van der Waals surface area contributed by atoms with Crippen molar-refractivity contribution in [1.82, 2.24) is 4.90 Å². The maximum Gasteiger partial charge on any atom is 0.0881 e. The van der Waals surface area contributed by atoms with E-state index in [-0.39, 0.29) is 0 Å². The molecular weight excluding hydrogens is 186 g/mol. The number of rotatable bonds is 2. The van der Waals surface area contributed by atoms with Gasteiger partial charge >= 0.3 is 0 Å². The van der Waals surface area contributed by atoms with E-state index in [4.69, 9.17) is 0 Å². The first-order valence-corrected chi connectivity index (χ1v) is 6.39. The zero-order valence-electron chi connectivity index (χ0n) is 9.84. The highest BCUT2D eigenvalue weighted by molar-refractivity contribution is 5.19. The predicted octanol–water partition coefficient (Wildman–Crippen LogP) is 2.33. The Labute approximate surface area is 93.0 Å². The highest BCUT2D eigenvalue weighted by Crippen LogP contribution is 2.35. The first-order chi connectivity index (χ1) is 7.24. The molecule has 0 aromatic heterocycles. The van der Waals surface area contributed by atoms with Crippen LogP contribution in [0, 0.1) is 0 Å². The summed E-state index contributed by atoms with van der Waals surface area (Å²) in [5.41, 5.74) is 0.885. The van der Waals surface area contributed by atoms with E-state index < -0.39 is 5.60 Å². The zero-order chi connectivity index (χ0) is 10.7. The third-order valence-electron chi connectivity index (χ3n) is 4.02. The fourth-order valence-electron chi connectivity index (χ4n) is 2.82. The van der Waals surface area contributed by atoms with Gasteiger partial charge in [-0.3, -0.25) is 0 Å². The molecule has 2 aliphatic rings. The molecule has 2 nitrogen and oxygen atoms in total. The molecular formula is C13H23NO. The van der Waals surface area contributed by atoms with Gasteiger partial charge in [-0.2, -0.15) is 0 Å². The van der Waals surface area contributed by atoms with Crippen LogP contribution in [0.2, 0.25) is 0 Å². The van der Waals surface area contributed by atoms with Crippen molar-refractivity contribution in [3.05, 3.63) is 11.6 Å². The monoisotopic (exact) mass is 209 g/mol. The molecule has 0 spiro atoms. The molecule has 0 atom stereocenters. The summed E-state index contributed by atoms with van der Waals surface area (Å²) in [5, 5.41) is 10.6. The summed E-state index contributed by atoms with van der Waals surface area (Å²) in [6.45, 7) is 5.44. The first kappa shape index (κ1) is 11.2. The van der Waals surface area contributed by atoms with Gasteiger partial charge in [0.25, 0.3) is 0 Å². The number of hydrogen-bond donors (Lipinski definition) is 1. The van der Waals surface area contributed by atoms with Crippen molar-refractivity contribution in [2.45, 2.75) is 51.0 Å². The van der Waals surface area contributed by atoms with E-state index in [2.05, 4.69) is 17.9 Å². The summed E-state index contributed by atoms with van der Waals surface area (Å²) in [7, 11) is 0. The van der Waals surface area contributed by atoms with Gasteiger partial charge in [0.2, 0.25) is 0 Å². The highest BCUT2D eigenvalue weighted by atomic mass is 16.3. The van der Waals surface area contributed by atoms with Crippen LogP contribution >= 0.6 is 0 Å². The Kier molecular flexibility index (Phi) is 3.47. The molecule has 1 aliphatic heterocycles. The van der Waals surface area contributed by atoms with E-state index in [0.717, 1.165) is 38.9 Å². The number of aliphatic hydroxyl groups is 1. The van der Waals surface area contributed by atoms with Crippen LogP contribution in [0.5, 0.6) is 0 Å². The molecule has 1 fully saturated rings. The quantitative estimate of drug-likeness (QED) is 0.706. The van der Waals surface area contributed by atoms with Gasteiger partial charge in [0.15, 0.2) is 0 Å². The van der Waals surface area contributed by atoms with Crippen LogP contribution in [0.4, 0.5) is 0 Å². The Morgan fingerprint density at radius 2 is 2.07 bits per heavy atom. The predicted molar refractivity (Wildman–Crippen MR) is 62.8 cm³/mol. The van der Waals surface area contributed by atoms with Gasteiger partial charge in [-0.25, -0.2) is 0 Å². The van der Waals surface area contributed by atoms with E-state index in [9.17, 15) is 5.11 Å². The summed E-state index contributed by atoms with van der Waals surface area (Å²) in [4.78, 5) is 2.43. The molecule has 0 unspecified atom stereocenters. The molecule has 0 aromatic carbocycles. The Hall–Kier alpha value is -0.340. The van der Waals surface area contributed by atoms with Crippen molar-refractivity contribution in [3.8, 4) is 0 Å². The number of hydrogen-bond acceptors (Lipinski definition) is 2. The van der Waals surface area contributed by atoms with Crippen molar-refractivity contribution >= 4 is 0 Å². The van der Waals surface area contributed by atoms with Crippen LogP contribution < -0.4 is 0 Å². The lowest BCUT2D eigenvalue weighted by Gasteiger charge is -2.40. The van der Waals surface area contributed by atoms with Crippen molar-refractivity contribution in [2.24, 2.45) is 0 Å². The summed E-state index contributed by atoms with van der Waals surface area (Å²) in [6, 6.07) is 0. The van der Waals surface area contributed by atoms with Crippen molar-refractivity contribution in [2.75, 3.05) is 19.6 Å². The van der Waals surface area contributed by atoms with Crippen LogP contribution in [-0.2, 0) is 0 Å². The average molecular weight is 209 g/mol. The lowest BCUT2D eigenvalue weighted by molar-refractivity contribution is 0.00717. The van der Waals surface area contributed by atoms with Crippen molar-refractivity contribution < 1.29 is 5.11 Å². The van der Waals surface area contributed by atoms with E-state index in [1.807, 2.05) is 0 Å². The second kappa shape index (κ2) is 4.67. The largest absolute Gasteiger partial charge is 0.385 e. The third-order valence-corrected chi connectivity index (χ3v) is 4.02. The van der Waals surface area contributed by atoms with Gasteiger partial charge in [0.1, 0.15) is 0 Å². The van der Waals surface area contributed by atoms with E-state index in [0.29, 0.717) is 0 Å². The van der Waals surface area contributed by atoms with E-state index >= 15 is 0 Å². The van der Waals surface area contributed by atoms with Crippen LogP contribution in [0.25, 0.3) is 0 Å². The molecule has 1 saturated heterocycles. The second-order valence-corrected chi connectivity index (χ2v) is 4.94. The number of piperidine rings is 1. The number of nitrogens with zero attached hydrogens (tertiary/aromatic N) is 1. The van der Waals surface area contributed by atoms with Crippen LogP contribution in [0.15, 0.2) is 11.6 Å². The topological polar surface area (TPSA) is 23.5 Å². The molecule has 0 aromatic rings. The van der Waals surface area contributed by atoms with Crippen molar-refractivity contribution in [3.63, 3.8) is 0 Å². The molecule has 15 heavy (non-hydrogen) atoms. The molecule has 0 radical (unpaired) electrons. The lowest BCUT2D eigenvalue weighted by atomic mass is 9.79. The Bertz CT molecular complexity index is 239. The Balaban J connectivity index is 1.98. The van der Waals surface area contributed by atoms with Gasteiger partial charge in [-0.15, -0.1) is 0 Å². The summed E-state index contributed by atoms with van der Waals surface area (Å²) >= 11 is 0. The standard InChI is InChI=1S/C13H23NO/c1-2-14-10-8-13(15,9-11-14)12-6-4-3-5-7-12/h6,15H,2-5,7-11H2,1H3. The van der Waals surface area contributed by atoms with Crippen molar-refractivity contribution in [1.29, 1.82) is 0 Å². The summed E-state index contributed by atoms with van der Waals surface area (Å²) in [6.07, 6.45) is 9.05. The van der Waals surface area contributed by atoms with E-state index in [1.54, 1.807) is 0 Å². The molecule has 2 rings (SSSR count). The fraction of sp³-hybridized carbons (Fsp3) is 0.846. The summed E-state index contributed by atoms with van der Waals surface area (Å²) in [5.74, 6) is 0. The number of likely N-dealkylation sites (tertiary alicyclic amines) is 1. The first-order valence-electron chi connectivity index (χ1n) is 6.39. The Morgan fingerprint density at radius 1 is 1.33 bits per heavy atom. The number of allylic oxidation sites excluding steroid dienone is 1. The molecule has 0 amide bonds. The second-order valence-electron chi connectivity index (χ2n) is 4.94. The lowest BCUT2D eigenvalue weighted by Crippen LogP contribution is -2.45. The van der Waals surface area contributed by atoms with Gasteiger partial charge < -0.3 is 10.0 Å². The minimum atomic E-state index is -0.452. The maximum absolute atomic E-state index is 10.6. The molecule has 1 heterocycles. The van der Waals surface area contributed by atoms with Gasteiger partial charge in [0, 0.05) is 13.1 Å². The molecule has 0 bridgehead atoms. The highest BCUT2D eigenvalue weighted by Gasteiger charge is 2.35. The van der Waals surface area contributed by atoms with Crippen LogP contribution in [-0.4, -0.2) is 35.2 Å². The maximum atomic E-state index is 10.6. The van der Waals surface area contributed by atoms with Crippen LogP contribution in [0.3, 0.4) is 0 Å². The smallest absolute Gasteiger partial charge is 0.0881 e. The molecule has 0 saturated carbocycles. The molecule has 86 valence electrons. The van der Waals surface area contributed by atoms with Crippen LogP contribution in [0.1, 0.15) is 45.4 Å². The zero-order valence-corrected chi connectivity index (χ0v) is 9.84. The molecule has 1 aliphatic carbocycles. The molecule has 1 N–H and O–H groups in total. The SMILES string of the molecule is CCN1CCC(O)(C2=CCCCC2)CC1. The minimum absolute atomic E-state index is 0.452. The minimum Gasteiger partial charge on any atom is -0.385 e.